The number of benzene rings is 2. The quantitative estimate of drug-likeness (QED) is 0.800. The first-order valence-electron chi connectivity index (χ1n) is 5.53. The van der Waals surface area contributed by atoms with Crippen LogP contribution in [0.4, 0.5) is 0 Å². The monoisotopic (exact) mass is 271 g/mol. The minimum Gasteiger partial charge on any atom is -0.496 e. The number of rotatable bonds is 3. The maximum atomic E-state index is 11.1. The van der Waals surface area contributed by atoms with Gasteiger partial charge in [-0.05, 0) is 42.0 Å². The number of hydrogen-bond acceptors (Lipinski definition) is 3. The summed E-state index contributed by atoms with van der Waals surface area (Å²) in [5, 5.41) is 9.49. The Hall–Kier alpha value is -2.31. The highest BCUT2D eigenvalue weighted by Crippen LogP contribution is 2.34. The average Bonchev–Trinajstić information content (AvgIpc) is 2.46. The van der Waals surface area contributed by atoms with E-state index in [9.17, 15) is 4.79 Å². The number of hydrogen-bond donors (Lipinski definition) is 0. The third-order valence-electron chi connectivity index (χ3n) is 2.76. The van der Waals surface area contributed by atoms with Crippen molar-refractivity contribution in [2.45, 2.75) is 0 Å². The van der Waals surface area contributed by atoms with Crippen LogP contribution in [0.5, 0.6) is 5.75 Å². The van der Waals surface area contributed by atoms with Crippen molar-refractivity contribution in [1.29, 1.82) is 5.26 Å². The zero-order valence-electron chi connectivity index (χ0n) is 10.2. The highest BCUT2D eigenvalue weighted by Gasteiger charge is 2.12. The van der Waals surface area contributed by atoms with E-state index in [0.717, 1.165) is 6.29 Å². The molecular weight excluding hydrogens is 262 g/mol. The summed E-state index contributed by atoms with van der Waals surface area (Å²) < 4.78 is 5.27. The van der Waals surface area contributed by atoms with Gasteiger partial charge in [0.05, 0.1) is 18.7 Å². The molecule has 2 rings (SSSR count). The molecule has 0 fully saturated rings. The van der Waals surface area contributed by atoms with E-state index in [4.69, 9.17) is 21.6 Å². The van der Waals surface area contributed by atoms with E-state index < -0.39 is 0 Å². The summed E-state index contributed by atoms with van der Waals surface area (Å²) in [7, 11) is 1.54. The van der Waals surface area contributed by atoms with Crippen LogP contribution in [-0.2, 0) is 0 Å². The Morgan fingerprint density at radius 3 is 2.63 bits per heavy atom. The molecule has 0 atom stereocenters. The lowest BCUT2D eigenvalue weighted by atomic mass is 9.98. The van der Waals surface area contributed by atoms with Gasteiger partial charge in [0, 0.05) is 16.1 Å². The molecule has 19 heavy (non-hydrogen) atoms. The standard InChI is InChI=1S/C15H10ClNO2/c1-19-15-5-2-10(8-17)6-14(15)13-7-12(16)4-3-11(13)9-18/h2-7,9H,1H3. The maximum absolute atomic E-state index is 11.1. The van der Waals surface area contributed by atoms with E-state index in [0.29, 0.717) is 33.0 Å². The third-order valence-corrected chi connectivity index (χ3v) is 3.00. The number of nitriles is 1. The summed E-state index contributed by atoms with van der Waals surface area (Å²) in [6.07, 6.45) is 0.754. The van der Waals surface area contributed by atoms with Crippen molar-refractivity contribution in [2.24, 2.45) is 0 Å². The summed E-state index contributed by atoms with van der Waals surface area (Å²) in [5.74, 6) is 0.587. The average molecular weight is 272 g/mol. The number of methoxy groups -OCH3 is 1. The molecule has 0 heterocycles. The minimum atomic E-state index is 0.493. The lowest BCUT2D eigenvalue weighted by molar-refractivity contribution is 0.112. The first-order valence-corrected chi connectivity index (χ1v) is 5.90. The maximum Gasteiger partial charge on any atom is 0.150 e. The highest BCUT2D eigenvalue weighted by atomic mass is 35.5. The van der Waals surface area contributed by atoms with Crippen molar-refractivity contribution in [3.63, 3.8) is 0 Å². The van der Waals surface area contributed by atoms with Gasteiger partial charge in [-0.15, -0.1) is 0 Å². The van der Waals surface area contributed by atoms with Gasteiger partial charge in [0.1, 0.15) is 5.75 Å². The molecule has 0 bridgehead atoms. The van der Waals surface area contributed by atoms with Gasteiger partial charge in [0.15, 0.2) is 6.29 Å². The number of aldehydes is 1. The fourth-order valence-electron chi connectivity index (χ4n) is 1.85. The molecule has 4 heteroatoms. The van der Waals surface area contributed by atoms with Crippen LogP contribution in [0.2, 0.25) is 5.02 Å². The van der Waals surface area contributed by atoms with Crippen molar-refractivity contribution in [2.75, 3.05) is 7.11 Å². The van der Waals surface area contributed by atoms with Gasteiger partial charge >= 0.3 is 0 Å². The van der Waals surface area contributed by atoms with Crippen LogP contribution < -0.4 is 4.74 Å². The van der Waals surface area contributed by atoms with E-state index in [1.807, 2.05) is 0 Å². The molecule has 0 aliphatic carbocycles. The lowest BCUT2D eigenvalue weighted by Gasteiger charge is -2.11. The summed E-state index contributed by atoms with van der Waals surface area (Å²) in [6.45, 7) is 0. The SMILES string of the molecule is COc1ccc(C#N)cc1-c1cc(Cl)ccc1C=O. The Morgan fingerprint density at radius 2 is 2.00 bits per heavy atom. The number of carbonyl (C=O) groups excluding carboxylic acids is 1. The molecule has 0 unspecified atom stereocenters. The molecule has 0 radical (unpaired) electrons. The van der Waals surface area contributed by atoms with E-state index in [1.165, 1.54) is 7.11 Å². The van der Waals surface area contributed by atoms with Crippen molar-refractivity contribution in [3.05, 3.63) is 52.5 Å². The zero-order chi connectivity index (χ0) is 13.8. The molecule has 0 amide bonds. The Labute approximate surface area is 116 Å². The van der Waals surface area contributed by atoms with Gasteiger partial charge in [-0.2, -0.15) is 5.26 Å². The summed E-state index contributed by atoms with van der Waals surface area (Å²) in [4.78, 5) is 11.1. The minimum absolute atomic E-state index is 0.493. The number of ether oxygens (including phenoxy) is 1. The molecular formula is C15H10ClNO2. The van der Waals surface area contributed by atoms with Crippen LogP contribution in [0.15, 0.2) is 36.4 Å². The molecule has 94 valence electrons. The van der Waals surface area contributed by atoms with Crippen LogP contribution in [0.3, 0.4) is 0 Å². The van der Waals surface area contributed by atoms with Gasteiger partial charge in [-0.25, -0.2) is 0 Å². The molecule has 0 N–H and O–H groups in total. The molecule has 0 saturated carbocycles. The Bertz CT molecular complexity index is 674. The van der Waals surface area contributed by atoms with Crippen LogP contribution in [0, 0.1) is 11.3 Å². The second-order valence-electron chi connectivity index (χ2n) is 3.88. The normalized spacial score (nSPS) is 9.74. The first kappa shape index (κ1) is 13.1. The molecule has 0 aromatic heterocycles. The van der Waals surface area contributed by atoms with Crippen LogP contribution in [0.25, 0.3) is 11.1 Å². The fourth-order valence-corrected chi connectivity index (χ4v) is 2.02. The molecule has 2 aromatic carbocycles. The summed E-state index contributed by atoms with van der Waals surface area (Å²) in [5.41, 5.74) is 2.31. The predicted octanol–water partition coefficient (Wildman–Crippen LogP) is 3.70. The van der Waals surface area contributed by atoms with Gasteiger partial charge in [-0.1, -0.05) is 11.6 Å². The van der Waals surface area contributed by atoms with Gasteiger partial charge < -0.3 is 4.74 Å². The van der Waals surface area contributed by atoms with Crippen LogP contribution >= 0.6 is 11.6 Å². The Kier molecular flexibility index (Phi) is 3.84. The number of nitrogens with zero attached hydrogens (tertiary/aromatic N) is 1. The van der Waals surface area contributed by atoms with E-state index in [-0.39, 0.29) is 0 Å². The fraction of sp³-hybridized carbons (Fsp3) is 0.0667. The van der Waals surface area contributed by atoms with Crippen molar-refractivity contribution >= 4 is 17.9 Å². The first-order chi connectivity index (χ1) is 9.19. The second-order valence-corrected chi connectivity index (χ2v) is 4.31. The smallest absolute Gasteiger partial charge is 0.150 e. The molecule has 0 saturated heterocycles. The van der Waals surface area contributed by atoms with Crippen LogP contribution in [-0.4, -0.2) is 13.4 Å². The van der Waals surface area contributed by atoms with E-state index >= 15 is 0 Å². The van der Waals surface area contributed by atoms with E-state index in [1.54, 1.807) is 36.4 Å². The Balaban J connectivity index is 2.73. The van der Waals surface area contributed by atoms with Gasteiger partial charge in [0.25, 0.3) is 0 Å². The largest absolute Gasteiger partial charge is 0.496 e. The number of halogens is 1. The summed E-state index contributed by atoms with van der Waals surface area (Å²) in [6, 6.07) is 12.1. The highest BCUT2D eigenvalue weighted by molar-refractivity contribution is 6.31. The Morgan fingerprint density at radius 1 is 1.21 bits per heavy atom. The van der Waals surface area contributed by atoms with Crippen molar-refractivity contribution in [3.8, 4) is 22.9 Å². The van der Waals surface area contributed by atoms with E-state index in [2.05, 4.69) is 6.07 Å². The van der Waals surface area contributed by atoms with Crippen molar-refractivity contribution < 1.29 is 9.53 Å². The lowest BCUT2D eigenvalue weighted by Crippen LogP contribution is -1.93. The summed E-state index contributed by atoms with van der Waals surface area (Å²) >= 11 is 5.97. The molecule has 0 aliphatic rings. The second kappa shape index (κ2) is 5.55. The van der Waals surface area contributed by atoms with Crippen LogP contribution in [0.1, 0.15) is 15.9 Å². The van der Waals surface area contributed by atoms with Crippen molar-refractivity contribution in [1.82, 2.24) is 0 Å². The molecule has 2 aromatic rings. The van der Waals surface area contributed by atoms with Gasteiger partial charge in [-0.3, -0.25) is 4.79 Å². The third kappa shape index (κ3) is 2.59. The zero-order valence-corrected chi connectivity index (χ0v) is 10.9. The topological polar surface area (TPSA) is 50.1 Å². The number of carbonyl (C=O) groups is 1. The predicted molar refractivity (Wildman–Crippen MR) is 73.5 cm³/mol. The molecule has 0 aliphatic heterocycles. The molecule has 0 spiro atoms. The van der Waals surface area contributed by atoms with Gasteiger partial charge in [0.2, 0.25) is 0 Å². The molecule has 3 nitrogen and oxygen atoms in total.